The number of fused-ring (bicyclic) bond motifs is 1. The van der Waals surface area contributed by atoms with Crippen molar-refractivity contribution in [3.63, 3.8) is 0 Å². The zero-order valence-electron chi connectivity index (χ0n) is 22.4. The molecule has 3 saturated heterocycles. The third-order valence-corrected chi connectivity index (χ3v) is 9.06. The van der Waals surface area contributed by atoms with Gasteiger partial charge in [0, 0.05) is 56.2 Å². The molecule has 210 valence electrons. The Balaban J connectivity index is 1.28. The van der Waals surface area contributed by atoms with Crippen molar-refractivity contribution < 1.29 is 23.5 Å². The molecular formula is C28H34ClFN4O4S. The van der Waals surface area contributed by atoms with Crippen LogP contribution in [0.1, 0.15) is 37.0 Å². The Hall–Kier alpha value is -2.40. The largest absolute Gasteiger partial charge is 0.366 e. The molecule has 0 radical (unpaired) electrons. The highest BCUT2D eigenvalue weighted by Gasteiger charge is 2.52. The van der Waals surface area contributed by atoms with Crippen LogP contribution in [0.25, 0.3) is 11.3 Å². The fourth-order valence-corrected chi connectivity index (χ4v) is 6.88. The molecule has 0 spiro atoms. The van der Waals surface area contributed by atoms with E-state index in [-0.39, 0.29) is 53.8 Å². The molecule has 39 heavy (non-hydrogen) atoms. The Labute approximate surface area is 237 Å². The Morgan fingerprint density at radius 3 is 2.54 bits per heavy atom. The summed E-state index contributed by atoms with van der Waals surface area (Å²) >= 11 is 7.43. The maximum Gasteiger partial charge on any atom is 0.226 e. The van der Waals surface area contributed by atoms with Crippen LogP contribution in [-0.4, -0.2) is 96.2 Å². The van der Waals surface area contributed by atoms with Crippen LogP contribution in [0.4, 0.5) is 9.52 Å². The lowest BCUT2D eigenvalue weighted by atomic mass is 9.89. The number of halogens is 2. The van der Waals surface area contributed by atoms with E-state index in [9.17, 15) is 18.8 Å². The standard InChI is InChI=1S/C28H34ClFN4O4S/c1-16(2)12-19(27(37)34-14-20(29)25-24(34)22(36)15-38-25)13-21(35)17-4-6-18(7-5-17)23-26(30)39-28(31-23)33-10-8-32(3)9-11-33/h4-7,16,19-20,24-25H,8-15H2,1-3H3/t19-,20-,24-,25-/m1/s1. The molecule has 3 fully saturated rings. The number of aromatic nitrogens is 1. The third kappa shape index (κ3) is 5.89. The Bertz CT molecular complexity index is 1230. The van der Waals surface area contributed by atoms with E-state index in [4.69, 9.17) is 16.3 Å². The minimum absolute atomic E-state index is 0.0187. The number of alkyl halides is 1. The van der Waals surface area contributed by atoms with E-state index in [0.717, 1.165) is 37.5 Å². The van der Waals surface area contributed by atoms with E-state index in [1.165, 1.54) is 4.90 Å². The summed E-state index contributed by atoms with van der Waals surface area (Å²) in [4.78, 5) is 49.6. The molecule has 3 aliphatic heterocycles. The fourth-order valence-electron chi connectivity index (χ4n) is 5.66. The number of thiazole rings is 1. The first kappa shape index (κ1) is 28.1. The molecule has 4 heterocycles. The number of benzene rings is 1. The number of hydrogen-bond donors (Lipinski definition) is 0. The molecule has 1 aromatic heterocycles. The van der Waals surface area contributed by atoms with Crippen molar-refractivity contribution in [1.82, 2.24) is 14.8 Å². The van der Waals surface area contributed by atoms with Gasteiger partial charge >= 0.3 is 0 Å². The van der Waals surface area contributed by atoms with Gasteiger partial charge < -0.3 is 19.4 Å². The molecule has 1 amide bonds. The van der Waals surface area contributed by atoms with Crippen LogP contribution in [-0.2, 0) is 14.3 Å². The maximum atomic E-state index is 14.8. The van der Waals surface area contributed by atoms with Crippen molar-refractivity contribution in [1.29, 1.82) is 0 Å². The van der Waals surface area contributed by atoms with Crippen LogP contribution in [0.15, 0.2) is 24.3 Å². The molecule has 1 aromatic carbocycles. The van der Waals surface area contributed by atoms with Gasteiger partial charge in [-0.3, -0.25) is 14.4 Å². The first-order chi connectivity index (χ1) is 18.6. The summed E-state index contributed by atoms with van der Waals surface area (Å²) in [6, 6.07) is 6.06. The number of likely N-dealkylation sites (N-methyl/N-ethyl adjacent to an activating group) is 1. The number of likely N-dealkylation sites (tertiary alicyclic amines) is 1. The Morgan fingerprint density at radius 2 is 1.87 bits per heavy atom. The van der Waals surface area contributed by atoms with Crippen LogP contribution in [0.3, 0.4) is 0 Å². The lowest BCUT2D eigenvalue weighted by molar-refractivity contribution is -0.140. The van der Waals surface area contributed by atoms with E-state index in [1.54, 1.807) is 24.3 Å². The minimum atomic E-state index is -0.673. The van der Waals surface area contributed by atoms with Crippen molar-refractivity contribution in [2.24, 2.45) is 11.8 Å². The number of carbonyl (C=O) groups is 3. The van der Waals surface area contributed by atoms with Crippen molar-refractivity contribution in [2.75, 3.05) is 51.3 Å². The highest BCUT2D eigenvalue weighted by Crippen LogP contribution is 2.35. The average molecular weight is 577 g/mol. The van der Waals surface area contributed by atoms with E-state index < -0.39 is 23.4 Å². The van der Waals surface area contributed by atoms with Gasteiger partial charge in [0.15, 0.2) is 16.7 Å². The number of piperazine rings is 1. The third-order valence-electron chi connectivity index (χ3n) is 7.77. The first-order valence-electron chi connectivity index (χ1n) is 13.4. The second kappa shape index (κ2) is 11.6. The van der Waals surface area contributed by atoms with Gasteiger partial charge in [0.05, 0.1) is 5.38 Å². The summed E-state index contributed by atoms with van der Waals surface area (Å²) in [7, 11) is 2.07. The maximum absolute atomic E-state index is 14.8. The molecule has 4 atom stereocenters. The quantitative estimate of drug-likeness (QED) is 0.350. The fraction of sp³-hybridized carbons (Fsp3) is 0.571. The topological polar surface area (TPSA) is 83.1 Å². The predicted molar refractivity (Wildman–Crippen MR) is 149 cm³/mol. The van der Waals surface area contributed by atoms with E-state index >= 15 is 0 Å². The molecule has 0 saturated carbocycles. The van der Waals surface area contributed by atoms with Gasteiger partial charge in [-0.05, 0) is 19.4 Å². The number of anilines is 1. The molecule has 0 aliphatic carbocycles. The molecular weight excluding hydrogens is 543 g/mol. The molecule has 5 rings (SSSR count). The minimum Gasteiger partial charge on any atom is -0.366 e. The number of carbonyl (C=O) groups excluding carboxylic acids is 3. The van der Waals surface area contributed by atoms with Crippen LogP contribution in [0.2, 0.25) is 0 Å². The molecule has 2 aromatic rings. The van der Waals surface area contributed by atoms with Gasteiger partial charge in [-0.1, -0.05) is 49.4 Å². The SMILES string of the molecule is CC(C)C[C@H](CC(=O)c1ccc(-c2nc(N3CCN(C)CC3)sc2F)cc1)C(=O)N1C[C@@H](Cl)[C@H]2OCC(=O)[C@H]21. The monoisotopic (exact) mass is 576 g/mol. The molecule has 0 N–H and O–H groups in total. The number of rotatable bonds is 8. The molecule has 8 nitrogen and oxygen atoms in total. The smallest absolute Gasteiger partial charge is 0.226 e. The zero-order chi connectivity index (χ0) is 27.8. The second-order valence-corrected chi connectivity index (χ2v) is 12.6. The van der Waals surface area contributed by atoms with E-state index in [1.807, 2.05) is 13.8 Å². The zero-order valence-corrected chi connectivity index (χ0v) is 24.0. The highest BCUT2D eigenvalue weighted by atomic mass is 35.5. The van der Waals surface area contributed by atoms with Crippen molar-refractivity contribution in [3.8, 4) is 11.3 Å². The lowest BCUT2D eigenvalue weighted by Gasteiger charge is -2.31. The number of ketones is 2. The number of ether oxygens (including phenoxy) is 1. The van der Waals surface area contributed by atoms with Crippen LogP contribution >= 0.6 is 22.9 Å². The van der Waals surface area contributed by atoms with Crippen molar-refractivity contribution in [2.45, 2.75) is 44.2 Å². The van der Waals surface area contributed by atoms with Crippen molar-refractivity contribution in [3.05, 3.63) is 35.0 Å². The summed E-state index contributed by atoms with van der Waals surface area (Å²) in [5.41, 5.74) is 1.33. The van der Waals surface area contributed by atoms with Crippen molar-refractivity contribution >= 4 is 45.5 Å². The highest BCUT2D eigenvalue weighted by molar-refractivity contribution is 7.14. The van der Waals surface area contributed by atoms with Gasteiger partial charge in [0.2, 0.25) is 11.0 Å². The van der Waals surface area contributed by atoms with Gasteiger partial charge in [0.1, 0.15) is 24.4 Å². The van der Waals surface area contributed by atoms with Gasteiger partial charge in [-0.2, -0.15) is 4.39 Å². The molecule has 0 bridgehead atoms. The summed E-state index contributed by atoms with van der Waals surface area (Å²) in [6.45, 7) is 7.61. The number of hydrogen-bond acceptors (Lipinski definition) is 8. The van der Waals surface area contributed by atoms with Gasteiger partial charge in [0.25, 0.3) is 0 Å². The Morgan fingerprint density at radius 1 is 1.18 bits per heavy atom. The van der Waals surface area contributed by atoms with E-state index in [2.05, 4.69) is 21.8 Å². The summed E-state index contributed by atoms with van der Waals surface area (Å²) in [5, 5.41) is -0.131. The molecule has 0 unspecified atom stereocenters. The molecule has 11 heteroatoms. The summed E-state index contributed by atoms with van der Waals surface area (Å²) in [6.07, 6.45) is 0.0385. The number of Topliss-reactive ketones (excluding diaryl/α,β-unsaturated/α-hetero) is 2. The normalized spacial score (nSPS) is 24.5. The van der Waals surface area contributed by atoms with Gasteiger partial charge in [-0.25, -0.2) is 4.98 Å². The molecule has 3 aliphatic rings. The first-order valence-corrected chi connectivity index (χ1v) is 14.7. The number of amides is 1. The van der Waals surface area contributed by atoms with Crippen LogP contribution in [0.5, 0.6) is 0 Å². The summed E-state index contributed by atoms with van der Waals surface area (Å²) < 4.78 is 20.3. The van der Waals surface area contributed by atoms with Crippen LogP contribution in [0, 0.1) is 17.0 Å². The van der Waals surface area contributed by atoms with E-state index in [0.29, 0.717) is 22.7 Å². The van der Waals surface area contributed by atoms with Crippen LogP contribution < -0.4 is 4.90 Å². The van der Waals surface area contributed by atoms with Gasteiger partial charge in [-0.15, -0.1) is 11.6 Å². The average Bonchev–Trinajstić information content (AvgIpc) is 3.58. The Kier molecular flexibility index (Phi) is 8.37. The predicted octanol–water partition coefficient (Wildman–Crippen LogP) is 3.72. The summed E-state index contributed by atoms with van der Waals surface area (Å²) in [5.74, 6) is -0.949. The second-order valence-electron chi connectivity index (χ2n) is 11.1. The number of nitrogens with zero attached hydrogens (tertiary/aromatic N) is 4. The lowest BCUT2D eigenvalue weighted by Crippen LogP contribution is -2.45.